The SMILES string of the molecule is NNC(=O)c1cn(C2CC2)c2cc(N3CCN(C(=O)c4ccccc4)CC3)c(F)cc2c1=O. The van der Waals surface area contributed by atoms with Crippen molar-refractivity contribution in [2.75, 3.05) is 31.1 Å². The zero-order valence-corrected chi connectivity index (χ0v) is 18.0. The molecule has 3 aromatic rings. The zero-order chi connectivity index (χ0) is 23.1. The highest BCUT2D eigenvalue weighted by atomic mass is 19.1. The number of hydrazine groups is 1. The monoisotopic (exact) mass is 449 g/mol. The van der Waals surface area contributed by atoms with Gasteiger partial charge >= 0.3 is 0 Å². The Bertz CT molecular complexity index is 1290. The number of amides is 2. The summed E-state index contributed by atoms with van der Waals surface area (Å²) >= 11 is 0. The Kier molecular flexibility index (Phi) is 5.33. The van der Waals surface area contributed by atoms with E-state index in [4.69, 9.17) is 5.84 Å². The Hall–Kier alpha value is -3.72. The van der Waals surface area contributed by atoms with E-state index in [1.54, 1.807) is 23.1 Å². The molecule has 8 nitrogen and oxygen atoms in total. The molecule has 170 valence electrons. The zero-order valence-electron chi connectivity index (χ0n) is 18.0. The average Bonchev–Trinajstić information content (AvgIpc) is 3.69. The van der Waals surface area contributed by atoms with Crippen LogP contribution in [0.25, 0.3) is 10.9 Å². The molecule has 1 aliphatic carbocycles. The second kappa shape index (κ2) is 8.32. The van der Waals surface area contributed by atoms with E-state index in [9.17, 15) is 14.4 Å². The minimum atomic E-state index is -0.694. The predicted molar refractivity (Wildman–Crippen MR) is 123 cm³/mol. The Labute approximate surface area is 189 Å². The van der Waals surface area contributed by atoms with Gasteiger partial charge in [0.15, 0.2) is 0 Å². The molecule has 0 bridgehead atoms. The van der Waals surface area contributed by atoms with Crippen LogP contribution in [0.3, 0.4) is 0 Å². The van der Waals surface area contributed by atoms with Crippen molar-refractivity contribution in [3.05, 3.63) is 75.8 Å². The molecule has 2 aromatic carbocycles. The topological polar surface area (TPSA) is 101 Å². The van der Waals surface area contributed by atoms with E-state index in [2.05, 4.69) is 0 Å². The third-order valence-corrected chi connectivity index (χ3v) is 6.35. The smallest absolute Gasteiger partial charge is 0.270 e. The molecule has 1 aromatic heterocycles. The first-order valence-electron chi connectivity index (χ1n) is 11.0. The number of nitrogens with two attached hydrogens (primary N) is 1. The second-order valence-electron chi connectivity index (χ2n) is 8.45. The van der Waals surface area contributed by atoms with Crippen molar-refractivity contribution >= 4 is 28.4 Å². The molecule has 1 saturated heterocycles. The van der Waals surface area contributed by atoms with Gasteiger partial charge in [-0.05, 0) is 37.1 Å². The largest absolute Gasteiger partial charge is 0.366 e. The summed E-state index contributed by atoms with van der Waals surface area (Å²) in [7, 11) is 0. The third-order valence-electron chi connectivity index (χ3n) is 6.35. The fraction of sp³-hybridized carbons (Fsp3) is 0.292. The predicted octanol–water partition coefficient (Wildman–Crippen LogP) is 2.04. The molecule has 1 saturated carbocycles. The second-order valence-corrected chi connectivity index (χ2v) is 8.45. The van der Waals surface area contributed by atoms with Crippen LogP contribution in [-0.2, 0) is 0 Å². The van der Waals surface area contributed by atoms with Gasteiger partial charge in [-0.1, -0.05) is 18.2 Å². The van der Waals surface area contributed by atoms with Gasteiger partial charge in [-0.25, -0.2) is 10.2 Å². The van der Waals surface area contributed by atoms with Crippen molar-refractivity contribution < 1.29 is 14.0 Å². The summed E-state index contributed by atoms with van der Waals surface area (Å²) in [5, 5.41) is 0.155. The Morgan fingerprint density at radius 1 is 1.03 bits per heavy atom. The minimum Gasteiger partial charge on any atom is -0.366 e. The number of pyridine rings is 1. The number of piperazine rings is 1. The van der Waals surface area contributed by atoms with Crippen LogP contribution in [0.4, 0.5) is 10.1 Å². The summed E-state index contributed by atoms with van der Waals surface area (Å²) in [5.41, 5.74) is 2.96. The normalized spacial score (nSPS) is 16.2. The first kappa shape index (κ1) is 21.1. The minimum absolute atomic E-state index is 0.0393. The molecule has 0 spiro atoms. The molecule has 2 amide bonds. The fourth-order valence-electron chi connectivity index (χ4n) is 4.41. The summed E-state index contributed by atoms with van der Waals surface area (Å²) in [6.07, 6.45) is 3.37. The van der Waals surface area contributed by atoms with Gasteiger partial charge in [-0.15, -0.1) is 0 Å². The highest BCUT2D eigenvalue weighted by molar-refractivity contribution is 5.97. The van der Waals surface area contributed by atoms with E-state index < -0.39 is 17.2 Å². The van der Waals surface area contributed by atoms with Crippen LogP contribution in [-0.4, -0.2) is 47.5 Å². The molecular formula is C24H24FN5O3. The maximum absolute atomic E-state index is 15.2. The molecule has 0 radical (unpaired) electrons. The van der Waals surface area contributed by atoms with Gasteiger partial charge in [-0.2, -0.15) is 0 Å². The fourth-order valence-corrected chi connectivity index (χ4v) is 4.41. The van der Waals surface area contributed by atoms with Crippen LogP contribution < -0.4 is 21.6 Å². The molecular weight excluding hydrogens is 425 g/mol. The van der Waals surface area contributed by atoms with E-state index in [1.165, 1.54) is 12.3 Å². The lowest BCUT2D eigenvalue weighted by molar-refractivity contribution is 0.0746. The van der Waals surface area contributed by atoms with Crippen LogP contribution >= 0.6 is 0 Å². The van der Waals surface area contributed by atoms with Gasteiger partial charge in [-0.3, -0.25) is 19.8 Å². The summed E-state index contributed by atoms with van der Waals surface area (Å²) in [6, 6.07) is 12.2. The van der Waals surface area contributed by atoms with E-state index in [0.717, 1.165) is 12.8 Å². The molecule has 0 atom stereocenters. The summed E-state index contributed by atoms with van der Waals surface area (Å²) < 4.78 is 17.0. The number of rotatable bonds is 4. The maximum Gasteiger partial charge on any atom is 0.270 e. The van der Waals surface area contributed by atoms with Crippen LogP contribution in [0, 0.1) is 5.82 Å². The van der Waals surface area contributed by atoms with Crippen LogP contribution in [0.15, 0.2) is 53.5 Å². The van der Waals surface area contributed by atoms with Gasteiger partial charge in [0.1, 0.15) is 11.4 Å². The van der Waals surface area contributed by atoms with E-state index in [1.807, 2.05) is 33.1 Å². The number of anilines is 1. The number of fused-ring (bicyclic) bond motifs is 1. The number of carbonyl (C=O) groups excluding carboxylic acids is 2. The number of nitrogen functional groups attached to an aromatic ring is 1. The molecule has 5 rings (SSSR count). The molecule has 2 heterocycles. The number of hydrogen-bond acceptors (Lipinski definition) is 5. The van der Waals surface area contributed by atoms with Gasteiger partial charge in [0.05, 0.1) is 11.2 Å². The number of carbonyl (C=O) groups is 2. The lowest BCUT2D eigenvalue weighted by atomic mass is 10.1. The molecule has 2 fully saturated rings. The number of aromatic nitrogens is 1. The van der Waals surface area contributed by atoms with Crippen molar-refractivity contribution in [1.29, 1.82) is 0 Å². The van der Waals surface area contributed by atoms with Gasteiger partial charge < -0.3 is 14.4 Å². The van der Waals surface area contributed by atoms with Crippen LogP contribution in [0.5, 0.6) is 0 Å². The van der Waals surface area contributed by atoms with E-state index in [0.29, 0.717) is 42.9 Å². The molecule has 33 heavy (non-hydrogen) atoms. The standard InChI is InChI=1S/C24H24FN5O3/c25-19-12-17-20(30(16-6-7-16)14-18(22(17)31)23(32)27-26)13-21(19)28-8-10-29(11-9-28)24(33)15-4-2-1-3-5-15/h1-5,12-14,16H,6-11,26H2,(H,27,32). The average molecular weight is 449 g/mol. The van der Waals surface area contributed by atoms with E-state index >= 15 is 4.39 Å². The van der Waals surface area contributed by atoms with Gasteiger partial charge in [0, 0.05) is 49.4 Å². The summed E-state index contributed by atoms with van der Waals surface area (Å²) in [5.74, 6) is 3.96. The third kappa shape index (κ3) is 3.84. The van der Waals surface area contributed by atoms with E-state index in [-0.39, 0.29) is 22.9 Å². The quantitative estimate of drug-likeness (QED) is 0.361. The van der Waals surface area contributed by atoms with Crippen molar-refractivity contribution in [2.24, 2.45) is 5.84 Å². The number of halogens is 1. The Morgan fingerprint density at radius 2 is 1.73 bits per heavy atom. The molecule has 0 unspecified atom stereocenters. The van der Waals surface area contributed by atoms with Gasteiger partial charge in [0.25, 0.3) is 11.8 Å². The van der Waals surface area contributed by atoms with Crippen molar-refractivity contribution in [2.45, 2.75) is 18.9 Å². The number of nitrogens with zero attached hydrogens (tertiary/aromatic N) is 3. The highest BCUT2D eigenvalue weighted by Crippen LogP contribution is 2.38. The molecule has 1 aliphatic heterocycles. The number of nitrogens with one attached hydrogen (secondary N) is 1. The number of benzene rings is 2. The Morgan fingerprint density at radius 3 is 2.36 bits per heavy atom. The lowest BCUT2D eigenvalue weighted by Gasteiger charge is -2.36. The summed E-state index contributed by atoms with van der Waals surface area (Å²) in [4.78, 5) is 41.3. The highest BCUT2D eigenvalue weighted by Gasteiger charge is 2.29. The Balaban J connectivity index is 1.45. The van der Waals surface area contributed by atoms with Crippen molar-refractivity contribution in [1.82, 2.24) is 14.9 Å². The van der Waals surface area contributed by atoms with Crippen LogP contribution in [0.2, 0.25) is 0 Å². The van der Waals surface area contributed by atoms with Crippen molar-refractivity contribution in [3.8, 4) is 0 Å². The summed E-state index contributed by atoms with van der Waals surface area (Å²) in [6.45, 7) is 1.89. The lowest BCUT2D eigenvalue weighted by Crippen LogP contribution is -2.49. The molecule has 2 aliphatic rings. The van der Waals surface area contributed by atoms with Crippen molar-refractivity contribution in [3.63, 3.8) is 0 Å². The maximum atomic E-state index is 15.2. The van der Waals surface area contributed by atoms with Gasteiger partial charge in [0.2, 0.25) is 5.43 Å². The first-order chi connectivity index (χ1) is 16.0. The first-order valence-corrected chi connectivity index (χ1v) is 11.0. The molecule has 3 N–H and O–H groups in total. The van der Waals surface area contributed by atoms with Crippen LogP contribution in [0.1, 0.15) is 39.6 Å². The number of hydrogen-bond donors (Lipinski definition) is 2. The molecule has 9 heteroatoms.